The molecule has 16 heavy (non-hydrogen) atoms. The van der Waals surface area contributed by atoms with Crippen molar-refractivity contribution in [3.63, 3.8) is 0 Å². The van der Waals surface area contributed by atoms with Crippen molar-refractivity contribution >= 4 is 6.08 Å². The molecular weight excluding hydrogens is 212 g/mol. The van der Waals surface area contributed by atoms with E-state index in [2.05, 4.69) is 4.99 Å². The van der Waals surface area contributed by atoms with Gasteiger partial charge in [-0.25, -0.2) is 13.6 Å². The fourth-order valence-electron chi connectivity index (χ4n) is 2.38. The molecule has 0 aromatic heterocycles. The molecule has 0 amide bonds. The van der Waals surface area contributed by atoms with E-state index in [0.29, 0.717) is 5.56 Å². The van der Waals surface area contributed by atoms with Crippen LogP contribution in [0.1, 0.15) is 25.3 Å². The molecule has 84 valence electrons. The van der Waals surface area contributed by atoms with Crippen molar-refractivity contribution in [1.29, 1.82) is 0 Å². The predicted octanol–water partition coefficient (Wildman–Crippen LogP) is 2.88. The number of rotatable bonds is 2. The van der Waals surface area contributed by atoms with Crippen molar-refractivity contribution < 1.29 is 13.6 Å². The van der Waals surface area contributed by atoms with E-state index in [0.717, 1.165) is 0 Å². The molecule has 0 N–H and O–H groups in total. The highest BCUT2D eigenvalue weighted by atomic mass is 19.1. The van der Waals surface area contributed by atoms with Crippen LogP contribution in [0, 0.1) is 5.82 Å². The fourth-order valence-corrected chi connectivity index (χ4v) is 2.38. The highest BCUT2D eigenvalue weighted by Gasteiger charge is 2.54. The number of halogens is 2. The monoisotopic (exact) mass is 223 g/mol. The number of carbonyl (C=O) groups excluding carboxylic acids is 1. The molecule has 1 fully saturated rings. The number of isocyanates is 1. The third-order valence-electron chi connectivity index (χ3n) is 2.94. The Balaban J connectivity index is 2.39. The zero-order valence-corrected chi connectivity index (χ0v) is 8.84. The lowest BCUT2D eigenvalue weighted by Gasteiger charge is -2.46. The fraction of sp³-hybridized carbons (Fsp3) is 0.417. The number of hydrogen-bond donors (Lipinski definition) is 0. The summed E-state index contributed by atoms with van der Waals surface area (Å²) in [5.74, 6) is -0.412. The van der Waals surface area contributed by atoms with Gasteiger partial charge < -0.3 is 0 Å². The maximum absolute atomic E-state index is 13.5. The quantitative estimate of drug-likeness (QED) is 0.560. The van der Waals surface area contributed by atoms with E-state index in [4.69, 9.17) is 0 Å². The molecular formula is C12H11F2NO. The van der Waals surface area contributed by atoms with Crippen LogP contribution in [0.2, 0.25) is 0 Å². The molecule has 0 saturated heterocycles. The van der Waals surface area contributed by atoms with E-state index in [9.17, 15) is 13.6 Å². The minimum absolute atomic E-state index is 0.0959. The molecule has 1 aliphatic carbocycles. The number of aliphatic imine (C=N–C) groups is 1. The average Bonchev–Trinajstić information content (AvgIpc) is 2.15. The van der Waals surface area contributed by atoms with E-state index in [1.165, 1.54) is 31.2 Å². The summed E-state index contributed by atoms with van der Waals surface area (Å²) < 4.78 is 26.6. The van der Waals surface area contributed by atoms with E-state index < -0.39 is 17.0 Å². The molecule has 0 bridgehead atoms. The molecule has 1 saturated carbocycles. The Labute approximate surface area is 92.0 Å². The highest BCUT2D eigenvalue weighted by Crippen LogP contribution is 2.53. The molecule has 0 radical (unpaired) electrons. The third-order valence-corrected chi connectivity index (χ3v) is 2.94. The first-order valence-corrected chi connectivity index (χ1v) is 5.01. The summed E-state index contributed by atoms with van der Waals surface area (Å²) >= 11 is 0. The Morgan fingerprint density at radius 2 is 2.12 bits per heavy atom. The van der Waals surface area contributed by atoms with Crippen molar-refractivity contribution in [2.24, 2.45) is 4.99 Å². The first kappa shape index (κ1) is 11.0. The summed E-state index contributed by atoms with van der Waals surface area (Å²) in [6, 6.07) is 5.77. The first-order valence-electron chi connectivity index (χ1n) is 5.01. The molecule has 4 heteroatoms. The lowest BCUT2D eigenvalue weighted by atomic mass is 9.64. The summed E-state index contributed by atoms with van der Waals surface area (Å²) in [4.78, 5) is 14.0. The lowest BCUT2D eigenvalue weighted by Crippen LogP contribution is -2.48. The van der Waals surface area contributed by atoms with Gasteiger partial charge in [0.05, 0.1) is 0 Å². The third kappa shape index (κ3) is 1.76. The van der Waals surface area contributed by atoms with Gasteiger partial charge in [-0.1, -0.05) is 12.1 Å². The summed E-state index contributed by atoms with van der Waals surface area (Å²) in [6.07, 6.45) is 1.64. The number of benzene rings is 1. The second-order valence-electron chi connectivity index (χ2n) is 4.51. The van der Waals surface area contributed by atoms with Crippen LogP contribution in [0.5, 0.6) is 0 Å². The SMILES string of the molecule is CC1(F)CC(N=C=O)(c2cccc(F)c2)C1. The molecule has 0 aliphatic heterocycles. The minimum atomic E-state index is -1.34. The zero-order valence-electron chi connectivity index (χ0n) is 8.84. The van der Waals surface area contributed by atoms with Crippen LogP contribution in [0.15, 0.2) is 29.3 Å². The van der Waals surface area contributed by atoms with Crippen molar-refractivity contribution in [3.05, 3.63) is 35.6 Å². The molecule has 0 unspecified atom stereocenters. The van der Waals surface area contributed by atoms with Crippen LogP contribution in [-0.4, -0.2) is 11.7 Å². The average molecular weight is 223 g/mol. The molecule has 2 nitrogen and oxygen atoms in total. The van der Waals surface area contributed by atoms with Crippen LogP contribution >= 0.6 is 0 Å². The molecule has 1 aromatic rings. The number of hydrogen-bond acceptors (Lipinski definition) is 2. The van der Waals surface area contributed by atoms with Crippen LogP contribution in [0.3, 0.4) is 0 Å². The van der Waals surface area contributed by atoms with Gasteiger partial charge in [-0.15, -0.1) is 0 Å². The number of alkyl halides is 1. The lowest BCUT2D eigenvalue weighted by molar-refractivity contribution is 0.00270. The largest absolute Gasteiger partial charge is 0.244 e. The van der Waals surface area contributed by atoms with Gasteiger partial charge >= 0.3 is 0 Å². The Hall–Kier alpha value is -1.54. The van der Waals surface area contributed by atoms with Gasteiger partial charge in [-0.3, -0.25) is 0 Å². The normalized spacial score (nSPS) is 32.7. The van der Waals surface area contributed by atoms with Gasteiger partial charge in [0.1, 0.15) is 17.0 Å². The van der Waals surface area contributed by atoms with Gasteiger partial charge in [0.15, 0.2) is 0 Å². The highest BCUT2D eigenvalue weighted by molar-refractivity contribution is 5.41. The molecule has 1 aliphatic rings. The van der Waals surface area contributed by atoms with E-state index >= 15 is 0 Å². The Bertz CT molecular complexity index is 456. The summed E-state index contributed by atoms with van der Waals surface area (Å²) in [5, 5.41) is 0. The molecule has 1 aromatic carbocycles. The van der Waals surface area contributed by atoms with E-state index in [-0.39, 0.29) is 12.8 Å². The Kier molecular flexibility index (Phi) is 2.39. The maximum Gasteiger partial charge on any atom is 0.235 e. The molecule has 0 atom stereocenters. The van der Waals surface area contributed by atoms with E-state index in [1.54, 1.807) is 6.07 Å². The van der Waals surface area contributed by atoms with Crippen molar-refractivity contribution in [1.82, 2.24) is 0 Å². The molecule has 2 rings (SSSR count). The van der Waals surface area contributed by atoms with Crippen LogP contribution in [0.4, 0.5) is 8.78 Å². The summed E-state index contributed by atoms with van der Waals surface area (Å²) in [5.41, 5.74) is -1.73. The van der Waals surface area contributed by atoms with Crippen LogP contribution in [0.25, 0.3) is 0 Å². The molecule has 0 spiro atoms. The standard InChI is InChI=1S/C12H11F2NO/c1-11(14)6-12(7-11,15-8-16)9-3-2-4-10(13)5-9/h2-5H,6-7H2,1H3. The van der Waals surface area contributed by atoms with Gasteiger partial charge in [0.2, 0.25) is 6.08 Å². The van der Waals surface area contributed by atoms with Crippen molar-refractivity contribution in [3.8, 4) is 0 Å². The summed E-state index contributed by atoms with van der Waals surface area (Å²) in [7, 11) is 0. The van der Waals surface area contributed by atoms with Crippen LogP contribution in [-0.2, 0) is 10.3 Å². The van der Waals surface area contributed by atoms with Crippen molar-refractivity contribution in [2.75, 3.05) is 0 Å². The topological polar surface area (TPSA) is 29.4 Å². The maximum atomic E-state index is 13.5. The predicted molar refractivity (Wildman–Crippen MR) is 54.9 cm³/mol. The Morgan fingerprint density at radius 3 is 2.62 bits per heavy atom. The van der Waals surface area contributed by atoms with E-state index in [1.807, 2.05) is 0 Å². The first-order chi connectivity index (χ1) is 7.47. The second kappa shape index (κ2) is 3.49. The smallest absolute Gasteiger partial charge is 0.235 e. The Morgan fingerprint density at radius 1 is 1.44 bits per heavy atom. The van der Waals surface area contributed by atoms with Crippen molar-refractivity contribution in [2.45, 2.75) is 31.0 Å². The second-order valence-corrected chi connectivity index (χ2v) is 4.51. The minimum Gasteiger partial charge on any atom is -0.244 e. The zero-order chi connectivity index (χ0) is 11.8. The van der Waals surface area contributed by atoms with Gasteiger partial charge in [-0.05, 0) is 24.6 Å². The van der Waals surface area contributed by atoms with Gasteiger partial charge in [0, 0.05) is 12.8 Å². The van der Waals surface area contributed by atoms with Gasteiger partial charge in [0.25, 0.3) is 0 Å². The number of nitrogens with zero attached hydrogens (tertiary/aromatic N) is 1. The summed E-state index contributed by atoms with van der Waals surface area (Å²) in [6.45, 7) is 1.45. The van der Waals surface area contributed by atoms with Gasteiger partial charge in [-0.2, -0.15) is 4.99 Å². The molecule has 0 heterocycles. The van der Waals surface area contributed by atoms with Crippen LogP contribution < -0.4 is 0 Å².